The predicted molar refractivity (Wildman–Crippen MR) is 84.4 cm³/mol. The van der Waals surface area contributed by atoms with Crippen molar-refractivity contribution in [2.24, 2.45) is 0 Å². The average Bonchev–Trinajstić information content (AvgIpc) is 3.01. The fraction of sp³-hybridized carbons (Fsp3) is 0.938. The first-order chi connectivity index (χ1) is 10.3. The molecule has 0 aromatic rings. The van der Waals surface area contributed by atoms with Crippen molar-refractivity contribution in [3.05, 3.63) is 0 Å². The number of carbonyl (C=O) groups excluding carboxylic acids is 1. The Morgan fingerprint density at radius 2 is 1.86 bits per heavy atom. The minimum atomic E-state index is 0.0642. The van der Waals surface area contributed by atoms with Gasteiger partial charge in [-0.2, -0.15) is 0 Å². The van der Waals surface area contributed by atoms with Crippen LogP contribution < -0.4 is 5.32 Å². The van der Waals surface area contributed by atoms with Crippen molar-refractivity contribution in [1.29, 1.82) is 0 Å². The van der Waals surface area contributed by atoms with Crippen LogP contribution in [0.4, 0.5) is 4.79 Å². The van der Waals surface area contributed by atoms with Gasteiger partial charge in [-0.15, -0.1) is 0 Å². The smallest absolute Gasteiger partial charge is 0.317 e. The molecule has 21 heavy (non-hydrogen) atoms. The monoisotopic (exact) mass is 297 g/mol. The zero-order valence-electron chi connectivity index (χ0n) is 13.2. The Hall–Kier alpha value is -0.810. The van der Waals surface area contributed by atoms with Crippen LogP contribution in [0.15, 0.2) is 0 Å². The van der Waals surface area contributed by atoms with Crippen LogP contribution in [0.25, 0.3) is 0 Å². The predicted octanol–water partition coefficient (Wildman–Crippen LogP) is 1.81. The van der Waals surface area contributed by atoms with Gasteiger partial charge in [-0.3, -0.25) is 0 Å². The van der Waals surface area contributed by atoms with Gasteiger partial charge < -0.3 is 20.2 Å². The van der Waals surface area contributed by atoms with Crippen LogP contribution >= 0.6 is 0 Å². The van der Waals surface area contributed by atoms with Gasteiger partial charge in [0.05, 0.1) is 0 Å². The van der Waals surface area contributed by atoms with E-state index in [-0.39, 0.29) is 18.7 Å². The highest BCUT2D eigenvalue weighted by Gasteiger charge is 2.25. The molecule has 0 saturated carbocycles. The summed E-state index contributed by atoms with van der Waals surface area (Å²) < 4.78 is 0. The number of hydrogen-bond acceptors (Lipinski definition) is 3. The standard InChI is InChI=1S/C16H31N3O2/c20-14-8-15-7-1-3-13-19(15)16(21)17-9-2-4-10-18-11-5-6-12-18/h15,20H,1-14H2,(H,17,21). The van der Waals surface area contributed by atoms with E-state index in [1.165, 1.54) is 45.3 Å². The molecular weight excluding hydrogens is 266 g/mol. The molecule has 5 heteroatoms. The molecule has 2 heterocycles. The van der Waals surface area contributed by atoms with Crippen LogP contribution in [0.3, 0.4) is 0 Å². The summed E-state index contributed by atoms with van der Waals surface area (Å²) in [6.45, 7) is 5.46. The largest absolute Gasteiger partial charge is 0.396 e. The zero-order valence-corrected chi connectivity index (χ0v) is 13.2. The second-order valence-corrected chi connectivity index (χ2v) is 6.34. The lowest BCUT2D eigenvalue weighted by Gasteiger charge is -2.35. The molecule has 2 rings (SSSR count). The van der Waals surface area contributed by atoms with Crippen LogP contribution in [0.2, 0.25) is 0 Å². The SMILES string of the molecule is O=C(NCCCCN1CCCC1)N1CCCCC1CCO. The van der Waals surface area contributed by atoms with Gasteiger partial charge in [0.2, 0.25) is 0 Å². The van der Waals surface area contributed by atoms with Crippen LogP contribution in [-0.4, -0.2) is 66.3 Å². The summed E-state index contributed by atoms with van der Waals surface area (Å²) in [5.74, 6) is 0. The number of aliphatic hydroxyl groups excluding tert-OH is 1. The Morgan fingerprint density at radius 1 is 1.10 bits per heavy atom. The molecule has 2 N–H and O–H groups in total. The molecule has 2 fully saturated rings. The highest BCUT2D eigenvalue weighted by molar-refractivity contribution is 5.74. The first kappa shape index (κ1) is 16.6. The lowest BCUT2D eigenvalue weighted by Crippen LogP contribution is -2.49. The number of urea groups is 1. The molecule has 0 spiro atoms. The average molecular weight is 297 g/mol. The van der Waals surface area contributed by atoms with Crippen LogP contribution in [0, 0.1) is 0 Å². The number of rotatable bonds is 7. The van der Waals surface area contributed by atoms with Crippen LogP contribution in [0.5, 0.6) is 0 Å². The molecule has 0 aliphatic carbocycles. The first-order valence-electron chi connectivity index (χ1n) is 8.69. The second-order valence-electron chi connectivity index (χ2n) is 6.34. The van der Waals surface area contributed by atoms with Gasteiger partial charge in [-0.25, -0.2) is 4.79 Å². The number of likely N-dealkylation sites (tertiary alicyclic amines) is 2. The molecule has 122 valence electrons. The number of carbonyl (C=O) groups is 1. The summed E-state index contributed by atoms with van der Waals surface area (Å²) in [5.41, 5.74) is 0. The number of unbranched alkanes of at least 4 members (excludes halogenated alkanes) is 1. The maximum Gasteiger partial charge on any atom is 0.317 e. The molecule has 5 nitrogen and oxygen atoms in total. The molecule has 0 radical (unpaired) electrons. The Labute approximate surface area is 128 Å². The number of aliphatic hydroxyl groups is 1. The van der Waals surface area contributed by atoms with Crippen molar-refractivity contribution in [3.8, 4) is 0 Å². The van der Waals surface area contributed by atoms with E-state index in [0.717, 1.165) is 32.4 Å². The van der Waals surface area contributed by atoms with Crippen molar-refractivity contribution in [2.75, 3.05) is 39.3 Å². The van der Waals surface area contributed by atoms with Crippen LogP contribution in [-0.2, 0) is 0 Å². The number of hydrogen-bond donors (Lipinski definition) is 2. The fourth-order valence-electron chi connectivity index (χ4n) is 3.48. The lowest BCUT2D eigenvalue weighted by atomic mass is 10.0. The minimum Gasteiger partial charge on any atom is -0.396 e. The van der Waals surface area contributed by atoms with Crippen molar-refractivity contribution in [1.82, 2.24) is 15.1 Å². The number of nitrogens with one attached hydrogen (secondary N) is 1. The minimum absolute atomic E-state index is 0.0642. The Morgan fingerprint density at radius 3 is 2.62 bits per heavy atom. The van der Waals surface area contributed by atoms with E-state index in [9.17, 15) is 4.79 Å². The van der Waals surface area contributed by atoms with Crippen molar-refractivity contribution in [2.45, 2.75) is 57.4 Å². The van der Waals surface area contributed by atoms with E-state index in [4.69, 9.17) is 5.11 Å². The third-order valence-electron chi connectivity index (χ3n) is 4.73. The van der Waals surface area contributed by atoms with E-state index in [1.54, 1.807) is 0 Å². The molecule has 1 unspecified atom stereocenters. The second kappa shape index (κ2) is 9.26. The molecule has 2 aliphatic rings. The molecule has 0 aromatic carbocycles. The number of nitrogens with zero attached hydrogens (tertiary/aromatic N) is 2. The van der Waals surface area contributed by atoms with Crippen molar-refractivity contribution in [3.63, 3.8) is 0 Å². The molecule has 1 atom stereocenters. The third kappa shape index (κ3) is 5.47. The van der Waals surface area contributed by atoms with Gasteiger partial charge in [0.25, 0.3) is 0 Å². The van der Waals surface area contributed by atoms with Crippen molar-refractivity contribution >= 4 is 6.03 Å². The normalized spacial score (nSPS) is 23.5. The van der Waals surface area contributed by atoms with Crippen molar-refractivity contribution < 1.29 is 9.90 Å². The van der Waals surface area contributed by atoms with E-state index < -0.39 is 0 Å². The highest BCUT2D eigenvalue weighted by atomic mass is 16.3. The van der Waals surface area contributed by atoms with Gasteiger partial charge >= 0.3 is 6.03 Å². The van der Waals surface area contributed by atoms with E-state index >= 15 is 0 Å². The summed E-state index contributed by atoms with van der Waals surface area (Å²) in [5, 5.41) is 12.2. The summed E-state index contributed by atoms with van der Waals surface area (Å²) in [6.07, 6.45) is 8.91. The Bertz CT molecular complexity index is 304. The Balaban J connectivity index is 1.59. The quantitative estimate of drug-likeness (QED) is 0.705. The maximum absolute atomic E-state index is 12.2. The topological polar surface area (TPSA) is 55.8 Å². The van der Waals surface area contributed by atoms with Gasteiger partial charge in [-0.05, 0) is 71.0 Å². The van der Waals surface area contributed by atoms with E-state index in [0.29, 0.717) is 6.42 Å². The molecule has 2 amide bonds. The number of piperidine rings is 1. The number of amides is 2. The van der Waals surface area contributed by atoms with E-state index in [1.807, 2.05) is 4.90 Å². The van der Waals surface area contributed by atoms with Gasteiger partial charge in [0.15, 0.2) is 0 Å². The summed E-state index contributed by atoms with van der Waals surface area (Å²) in [4.78, 5) is 16.7. The molecule has 0 aromatic heterocycles. The molecule has 2 aliphatic heterocycles. The summed E-state index contributed by atoms with van der Waals surface area (Å²) in [6, 6.07) is 0.294. The first-order valence-corrected chi connectivity index (χ1v) is 8.69. The van der Waals surface area contributed by atoms with E-state index in [2.05, 4.69) is 10.2 Å². The lowest BCUT2D eigenvalue weighted by molar-refractivity contribution is 0.132. The molecule has 0 bridgehead atoms. The van der Waals surface area contributed by atoms with Gasteiger partial charge in [0, 0.05) is 25.7 Å². The third-order valence-corrected chi connectivity index (χ3v) is 4.73. The maximum atomic E-state index is 12.2. The fourth-order valence-corrected chi connectivity index (χ4v) is 3.48. The highest BCUT2D eigenvalue weighted by Crippen LogP contribution is 2.19. The summed E-state index contributed by atoms with van der Waals surface area (Å²) in [7, 11) is 0. The van der Waals surface area contributed by atoms with Gasteiger partial charge in [0.1, 0.15) is 0 Å². The molecule has 2 saturated heterocycles. The molecular formula is C16H31N3O2. The Kier molecular flexibility index (Phi) is 7.30. The van der Waals surface area contributed by atoms with Gasteiger partial charge in [-0.1, -0.05) is 0 Å². The summed E-state index contributed by atoms with van der Waals surface area (Å²) >= 11 is 0. The zero-order chi connectivity index (χ0) is 14.9. The van der Waals surface area contributed by atoms with Crippen LogP contribution in [0.1, 0.15) is 51.4 Å².